The molecular weight excluding hydrogens is 367 g/mol. The lowest BCUT2D eigenvalue weighted by molar-refractivity contribution is 0.0916. The van der Waals surface area contributed by atoms with Crippen molar-refractivity contribution in [1.82, 2.24) is 4.57 Å². The molecule has 1 N–H and O–H groups in total. The maximum absolute atomic E-state index is 12.9. The molecule has 0 radical (unpaired) electrons. The largest absolute Gasteiger partial charge is 0.494 e. The number of carbonyl (C=O) groups is 1. The molecule has 0 aliphatic heterocycles. The summed E-state index contributed by atoms with van der Waals surface area (Å²) >= 11 is 0. The Morgan fingerprint density at radius 3 is 2.61 bits per heavy atom. The Kier molecular flexibility index (Phi) is 7.29. The smallest absolute Gasteiger partial charge is 0.271 e. The fraction of sp³-hybridized carbons (Fsp3) is 0.350. The van der Waals surface area contributed by atoms with E-state index in [4.69, 9.17) is 9.47 Å². The highest BCUT2D eigenvalue weighted by Gasteiger charge is 2.24. The van der Waals surface area contributed by atoms with E-state index in [1.54, 1.807) is 6.07 Å². The van der Waals surface area contributed by atoms with Crippen molar-refractivity contribution >= 4 is 5.78 Å². The van der Waals surface area contributed by atoms with Gasteiger partial charge in [0.05, 0.1) is 5.56 Å². The molecule has 0 unspecified atom stereocenters. The van der Waals surface area contributed by atoms with Crippen LogP contribution < -0.4 is 10.3 Å². The van der Waals surface area contributed by atoms with Crippen LogP contribution >= 0.6 is 0 Å². The number of aromatic hydroxyl groups is 1. The van der Waals surface area contributed by atoms with E-state index in [-0.39, 0.29) is 29.0 Å². The van der Waals surface area contributed by atoms with Crippen LogP contribution in [0.5, 0.6) is 11.6 Å². The summed E-state index contributed by atoms with van der Waals surface area (Å²) in [6.07, 6.45) is 0.426. The average molecular weight is 388 g/mol. The topological polar surface area (TPSA) is 102 Å². The number of nitrogens with zero attached hydrogens (tertiary/aromatic N) is 2. The van der Waals surface area contributed by atoms with Crippen molar-refractivity contribution in [3.63, 3.8) is 0 Å². The zero-order valence-corrected chi connectivity index (χ0v) is 15.7. The molecule has 2 rings (SSSR count). The van der Waals surface area contributed by atoms with Gasteiger partial charge < -0.3 is 14.6 Å². The zero-order chi connectivity index (χ0) is 20.7. The van der Waals surface area contributed by atoms with Gasteiger partial charge in [-0.05, 0) is 50.1 Å². The van der Waals surface area contributed by atoms with Gasteiger partial charge in [0, 0.05) is 19.8 Å². The van der Waals surface area contributed by atoms with Crippen molar-refractivity contribution in [1.29, 1.82) is 5.26 Å². The lowest BCUT2D eigenvalue weighted by atomic mass is 10.0. The minimum atomic E-state index is -0.662. The molecule has 8 heteroatoms. The molecule has 0 amide bonds. The molecule has 1 aromatic heterocycles. The van der Waals surface area contributed by atoms with Crippen LogP contribution in [0.2, 0.25) is 0 Å². The Morgan fingerprint density at radius 2 is 2.00 bits per heavy atom. The summed E-state index contributed by atoms with van der Waals surface area (Å²) in [6, 6.07) is 6.91. The molecule has 2 aromatic rings. The Hall–Kier alpha value is -3.18. The molecule has 0 saturated carbocycles. The first kappa shape index (κ1) is 21.1. The highest BCUT2D eigenvalue weighted by Crippen LogP contribution is 2.23. The summed E-state index contributed by atoms with van der Waals surface area (Å²) in [4.78, 5) is 25.1. The summed E-state index contributed by atoms with van der Waals surface area (Å²) in [6.45, 7) is 3.80. The fourth-order valence-electron chi connectivity index (χ4n) is 2.71. The van der Waals surface area contributed by atoms with Gasteiger partial charge in [-0.2, -0.15) is 5.26 Å². The molecule has 0 bridgehead atoms. The number of Topliss-reactive ketones (excluding diaryl/α,β-unsaturated/α-hetero) is 1. The number of hydrogen-bond acceptors (Lipinski definition) is 6. The number of carbonyl (C=O) groups excluding carboxylic acids is 1. The fourth-order valence-corrected chi connectivity index (χ4v) is 2.71. The minimum Gasteiger partial charge on any atom is -0.494 e. The van der Waals surface area contributed by atoms with Crippen LogP contribution in [-0.4, -0.2) is 35.3 Å². The van der Waals surface area contributed by atoms with Gasteiger partial charge in [0.15, 0.2) is 6.61 Å². The zero-order valence-electron chi connectivity index (χ0n) is 15.7. The van der Waals surface area contributed by atoms with Gasteiger partial charge in [0.2, 0.25) is 11.7 Å². The van der Waals surface area contributed by atoms with Gasteiger partial charge in [-0.15, -0.1) is 0 Å². The molecule has 0 saturated heterocycles. The van der Waals surface area contributed by atoms with Crippen LogP contribution in [0.3, 0.4) is 0 Å². The Morgan fingerprint density at radius 1 is 1.32 bits per heavy atom. The quantitative estimate of drug-likeness (QED) is 0.523. The Bertz CT molecular complexity index is 945. The first-order valence-electron chi connectivity index (χ1n) is 8.76. The molecule has 0 atom stereocenters. The van der Waals surface area contributed by atoms with E-state index in [2.05, 4.69) is 0 Å². The van der Waals surface area contributed by atoms with E-state index < -0.39 is 29.6 Å². The number of hydrogen-bond donors (Lipinski definition) is 1. The minimum absolute atomic E-state index is 0.0960. The van der Waals surface area contributed by atoms with E-state index in [1.807, 2.05) is 6.92 Å². The molecule has 1 heterocycles. The number of rotatable bonds is 9. The summed E-state index contributed by atoms with van der Waals surface area (Å²) in [5, 5.41) is 19.8. The number of benzene rings is 1. The Labute approximate surface area is 161 Å². The molecule has 0 spiro atoms. The SMILES string of the molecule is CCOCCCn1c(O)c(C(=O)COc2ccc(F)cc2)c(C)c(C#N)c1=O. The molecule has 0 aliphatic rings. The van der Waals surface area contributed by atoms with Crippen molar-refractivity contribution in [3.05, 3.63) is 57.1 Å². The van der Waals surface area contributed by atoms with Crippen molar-refractivity contribution in [3.8, 4) is 17.7 Å². The van der Waals surface area contributed by atoms with Crippen LogP contribution in [0.25, 0.3) is 0 Å². The summed E-state index contributed by atoms with van der Waals surface area (Å²) in [5.41, 5.74) is -0.919. The molecular formula is C20H21FN2O5. The van der Waals surface area contributed by atoms with Crippen LogP contribution in [0.4, 0.5) is 4.39 Å². The molecule has 0 fully saturated rings. The van der Waals surface area contributed by atoms with Gasteiger partial charge in [0.25, 0.3) is 5.56 Å². The second-order valence-electron chi connectivity index (χ2n) is 5.98. The third-order valence-corrected chi connectivity index (χ3v) is 4.14. The van der Waals surface area contributed by atoms with Gasteiger partial charge in [-0.3, -0.25) is 14.2 Å². The summed E-state index contributed by atoms with van der Waals surface area (Å²) in [5.74, 6) is -1.28. The van der Waals surface area contributed by atoms with Crippen molar-refractivity contribution < 1.29 is 23.8 Å². The number of pyridine rings is 1. The lowest BCUT2D eigenvalue weighted by Crippen LogP contribution is -2.28. The highest BCUT2D eigenvalue weighted by molar-refractivity contribution is 6.01. The monoisotopic (exact) mass is 388 g/mol. The maximum atomic E-state index is 12.9. The molecule has 148 valence electrons. The van der Waals surface area contributed by atoms with Crippen LogP contribution in [0.1, 0.15) is 34.8 Å². The lowest BCUT2D eigenvalue weighted by Gasteiger charge is -2.15. The molecule has 28 heavy (non-hydrogen) atoms. The molecule has 1 aromatic carbocycles. The van der Waals surface area contributed by atoms with E-state index >= 15 is 0 Å². The van der Waals surface area contributed by atoms with Crippen LogP contribution in [0.15, 0.2) is 29.1 Å². The van der Waals surface area contributed by atoms with Crippen LogP contribution in [-0.2, 0) is 11.3 Å². The third kappa shape index (κ3) is 4.75. The number of halogens is 1. The average Bonchev–Trinajstić information content (AvgIpc) is 2.67. The van der Waals surface area contributed by atoms with E-state index in [0.717, 1.165) is 4.57 Å². The standard InChI is InChI=1S/C20H21FN2O5/c1-3-27-10-4-9-23-19(25)16(11-22)13(2)18(20(23)26)17(24)12-28-15-7-5-14(21)6-8-15/h5-8,26H,3-4,9-10,12H2,1-2H3. The predicted molar refractivity (Wildman–Crippen MR) is 99.2 cm³/mol. The normalized spacial score (nSPS) is 10.5. The summed E-state index contributed by atoms with van der Waals surface area (Å²) < 4.78 is 24.5. The second kappa shape index (κ2) is 9.67. The highest BCUT2D eigenvalue weighted by atomic mass is 19.1. The number of nitriles is 1. The summed E-state index contributed by atoms with van der Waals surface area (Å²) in [7, 11) is 0. The van der Waals surface area contributed by atoms with Gasteiger partial charge in [0.1, 0.15) is 23.2 Å². The number of aromatic nitrogens is 1. The van der Waals surface area contributed by atoms with Crippen LogP contribution in [0, 0.1) is 24.1 Å². The number of ketones is 1. The molecule has 0 aliphatic carbocycles. The van der Waals surface area contributed by atoms with Crippen molar-refractivity contribution in [2.24, 2.45) is 0 Å². The van der Waals surface area contributed by atoms with Gasteiger partial charge in [-0.1, -0.05) is 0 Å². The number of ether oxygens (including phenoxy) is 2. The third-order valence-electron chi connectivity index (χ3n) is 4.14. The first-order valence-corrected chi connectivity index (χ1v) is 8.76. The van der Waals surface area contributed by atoms with Gasteiger partial charge in [-0.25, -0.2) is 4.39 Å². The molecule has 7 nitrogen and oxygen atoms in total. The van der Waals surface area contributed by atoms with Gasteiger partial charge >= 0.3 is 0 Å². The second-order valence-corrected chi connectivity index (χ2v) is 5.98. The first-order chi connectivity index (χ1) is 13.4. The van der Waals surface area contributed by atoms with Crippen molar-refractivity contribution in [2.75, 3.05) is 19.8 Å². The Balaban J connectivity index is 2.30. The van der Waals surface area contributed by atoms with E-state index in [9.17, 15) is 24.3 Å². The van der Waals surface area contributed by atoms with E-state index in [0.29, 0.717) is 19.6 Å². The predicted octanol–water partition coefficient (Wildman–Crippen LogP) is 2.56. The van der Waals surface area contributed by atoms with E-state index in [1.165, 1.54) is 31.2 Å². The van der Waals surface area contributed by atoms with Crippen molar-refractivity contribution in [2.45, 2.75) is 26.8 Å². The maximum Gasteiger partial charge on any atom is 0.271 e.